The average Bonchev–Trinajstić information content (AvgIpc) is 2.43. The van der Waals surface area contributed by atoms with Crippen molar-refractivity contribution < 1.29 is 4.79 Å². The van der Waals surface area contributed by atoms with Gasteiger partial charge in [0, 0.05) is 23.8 Å². The van der Waals surface area contributed by atoms with Crippen molar-refractivity contribution in [2.75, 3.05) is 18.5 Å². The van der Waals surface area contributed by atoms with Crippen molar-refractivity contribution in [2.24, 2.45) is 5.92 Å². The first kappa shape index (κ1) is 14.3. The van der Waals surface area contributed by atoms with Crippen molar-refractivity contribution in [2.45, 2.75) is 25.9 Å². The lowest BCUT2D eigenvalue weighted by molar-refractivity contribution is -0.113. The third-order valence-corrected chi connectivity index (χ3v) is 3.80. The molecule has 5 heteroatoms. The number of aldehydes is 1. The van der Waals surface area contributed by atoms with Gasteiger partial charge in [-0.1, -0.05) is 18.5 Å². The van der Waals surface area contributed by atoms with E-state index in [2.05, 4.69) is 22.7 Å². The molecule has 0 aromatic heterocycles. The lowest BCUT2D eigenvalue weighted by Crippen LogP contribution is -2.51. The van der Waals surface area contributed by atoms with Gasteiger partial charge in [-0.3, -0.25) is 4.90 Å². The van der Waals surface area contributed by atoms with E-state index in [1.807, 2.05) is 24.3 Å². The van der Waals surface area contributed by atoms with E-state index in [9.17, 15) is 4.79 Å². The number of nitrogens with zero attached hydrogens (tertiary/aromatic N) is 1. The third kappa shape index (κ3) is 4.20. The number of halogens is 1. The summed E-state index contributed by atoms with van der Waals surface area (Å²) in [5.41, 5.74) is 6.99. The number of hydrogen-bond acceptors (Lipinski definition) is 4. The van der Waals surface area contributed by atoms with Crippen molar-refractivity contribution in [3.8, 4) is 0 Å². The highest BCUT2D eigenvalue weighted by molar-refractivity contribution is 6.30. The van der Waals surface area contributed by atoms with Gasteiger partial charge in [0.15, 0.2) is 6.29 Å². The molecule has 0 saturated carbocycles. The van der Waals surface area contributed by atoms with Gasteiger partial charge in [-0.2, -0.15) is 0 Å². The van der Waals surface area contributed by atoms with Gasteiger partial charge in [-0.25, -0.2) is 5.43 Å². The van der Waals surface area contributed by atoms with Crippen LogP contribution in [0.2, 0.25) is 5.02 Å². The predicted octanol–water partition coefficient (Wildman–Crippen LogP) is 2.51. The maximum Gasteiger partial charge on any atom is 0.153 e. The second-order valence-electron chi connectivity index (χ2n) is 5.08. The minimum atomic E-state index is -0.289. The van der Waals surface area contributed by atoms with E-state index in [4.69, 9.17) is 11.6 Å². The normalized spacial score (nSPS) is 19.1. The minimum Gasteiger partial charge on any atom is -0.320 e. The molecule has 0 aliphatic carbocycles. The molecule has 1 aliphatic heterocycles. The number of anilines is 1. The molecule has 0 spiro atoms. The van der Waals surface area contributed by atoms with Crippen LogP contribution in [0.5, 0.6) is 0 Å². The molecule has 0 amide bonds. The van der Waals surface area contributed by atoms with Crippen LogP contribution in [0, 0.1) is 5.92 Å². The Morgan fingerprint density at radius 1 is 1.32 bits per heavy atom. The summed E-state index contributed by atoms with van der Waals surface area (Å²) in [4.78, 5) is 13.4. The van der Waals surface area contributed by atoms with Crippen LogP contribution < -0.4 is 10.9 Å². The summed E-state index contributed by atoms with van der Waals surface area (Å²) >= 11 is 5.82. The number of carbonyl (C=O) groups excluding carboxylic acids is 1. The number of carbonyl (C=O) groups is 1. The second-order valence-corrected chi connectivity index (χ2v) is 5.51. The fourth-order valence-electron chi connectivity index (χ4n) is 2.21. The molecule has 19 heavy (non-hydrogen) atoms. The van der Waals surface area contributed by atoms with Gasteiger partial charge >= 0.3 is 0 Å². The van der Waals surface area contributed by atoms with Crippen molar-refractivity contribution in [1.29, 1.82) is 0 Å². The molecule has 0 bridgehead atoms. The molecule has 1 fully saturated rings. The summed E-state index contributed by atoms with van der Waals surface area (Å²) < 4.78 is 0. The molecule has 1 aromatic rings. The molecule has 1 heterocycles. The topological polar surface area (TPSA) is 44.4 Å². The lowest BCUT2D eigenvalue weighted by Gasteiger charge is -2.34. The van der Waals surface area contributed by atoms with Crippen LogP contribution in [-0.2, 0) is 4.79 Å². The van der Waals surface area contributed by atoms with Crippen molar-refractivity contribution in [3.05, 3.63) is 29.3 Å². The van der Waals surface area contributed by atoms with Crippen LogP contribution in [0.1, 0.15) is 19.8 Å². The van der Waals surface area contributed by atoms with Gasteiger partial charge in [0.05, 0.1) is 0 Å². The maximum absolute atomic E-state index is 11.2. The Hall–Kier alpha value is -1.10. The molecule has 1 saturated heterocycles. The van der Waals surface area contributed by atoms with Crippen LogP contribution >= 0.6 is 11.6 Å². The summed E-state index contributed by atoms with van der Waals surface area (Å²) in [7, 11) is 0. The number of likely N-dealkylation sites (tertiary alicyclic amines) is 1. The first-order valence-electron chi connectivity index (χ1n) is 6.65. The van der Waals surface area contributed by atoms with E-state index in [-0.39, 0.29) is 6.17 Å². The van der Waals surface area contributed by atoms with Crippen molar-refractivity contribution in [3.63, 3.8) is 0 Å². The van der Waals surface area contributed by atoms with E-state index >= 15 is 0 Å². The first-order valence-corrected chi connectivity index (χ1v) is 7.03. The van der Waals surface area contributed by atoms with Crippen LogP contribution in [0.15, 0.2) is 24.3 Å². The van der Waals surface area contributed by atoms with Gasteiger partial charge in [0.2, 0.25) is 0 Å². The van der Waals surface area contributed by atoms with Gasteiger partial charge in [0.25, 0.3) is 0 Å². The third-order valence-electron chi connectivity index (χ3n) is 3.55. The zero-order valence-electron chi connectivity index (χ0n) is 11.1. The molecule has 2 rings (SSSR count). The van der Waals surface area contributed by atoms with Crippen molar-refractivity contribution in [1.82, 2.24) is 10.3 Å². The number of piperidine rings is 1. The fourth-order valence-corrected chi connectivity index (χ4v) is 2.33. The fraction of sp³-hybridized carbons (Fsp3) is 0.500. The molecule has 1 atom stereocenters. The van der Waals surface area contributed by atoms with E-state index < -0.39 is 0 Å². The van der Waals surface area contributed by atoms with Gasteiger partial charge in [-0.05, 0) is 43.0 Å². The Kier molecular flexibility index (Phi) is 5.19. The van der Waals surface area contributed by atoms with Crippen molar-refractivity contribution >= 4 is 23.6 Å². The zero-order chi connectivity index (χ0) is 13.7. The summed E-state index contributed by atoms with van der Waals surface area (Å²) in [5.74, 6) is 0.757. The summed E-state index contributed by atoms with van der Waals surface area (Å²) in [6.07, 6.45) is 2.95. The highest BCUT2D eigenvalue weighted by Gasteiger charge is 2.22. The second kappa shape index (κ2) is 6.89. The number of hydrazine groups is 1. The van der Waals surface area contributed by atoms with Gasteiger partial charge in [-0.15, -0.1) is 0 Å². The molecule has 1 aliphatic rings. The number of benzene rings is 1. The monoisotopic (exact) mass is 281 g/mol. The summed E-state index contributed by atoms with van der Waals surface area (Å²) in [6.45, 7) is 4.17. The highest BCUT2D eigenvalue weighted by Crippen LogP contribution is 2.17. The number of nitrogens with one attached hydrogen (secondary N) is 2. The SMILES string of the molecule is CC1CCN(C(C=O)NNc2ccc(Cl)cc2)CC1. The molecule has 4 nitrogen and oxygen atoms in total. The van der Waals surface area contributed by atoms with Gasteiger partial charge in [0.1, 0.15) is 6.17 Å². The Balaban J connectivity index is 1.85. The molecule has 1 unspecified atom stereocenters. The molecule has 1 aromatic carbocycles. The van der Waals surface area contributed by atoms with Crippen LogP contribution in [-0.4, -0.2) is 30.4 Å². The van der Waals surface area contributed by atoms with E-state index in [1.165, 1.54) is 0 Å². The standard InChI is InChI=1S/C14H20ClN3O/c1-11-6-8-18(9-7-11)14(10-19)17-16-13-4-2-12(15)3-5-13/h2-5,10-11,14,16-17H,6-9H2,1H3. The maximum atomic E-state index is 11.2. The van der Waals surface area contributed by atoms with E-state index in [0.29, 0.717) is 5.02 Å². The summed E-state index contributed by atoms with van der Waals surface area (Å²) in [5, 5.41) is 0.697. The molecular weight excluding hydrogens is 262 g/mol. The van der Waals surface area contributed by atoms with E-state index in [0.717, 1.165) is 43.8 Å². The van der Waals surface area contributed by atoms with Gasteiger partial charge < -0.3 is 10.2 Å². The smallest absolute Gasteiger partial charge is 0.153 e. The molecule has 104 valence electrons. The first-order chi connectivity index (χ1) is 9.19. The molecule has 2 N–H and O–H groups in total. The highest BCUT2D eigenvalue weighted by atomic mass is 35.5. The average molecular weight is 282 g/mol. The zero-order valence-corrected chi connectivity index (χ0v) is 11.9. The quantitative estimate of drug-likeness (QED) is 0.643. The Bertz CT molecular complexity index is 402. The molecular formula is C14H20ClN3O. The van der Waals surface area contributed by atoms with Crippen LogP contribution in [0.4, 0.5) is 5.69 Å². The Morgan fingerprint density at radius 2 is 1.95 bits per heavy atom. The van der Waals surface area contributed by atoms with E-state index in [1.54, 1.807) is 0 Å². The summed E-state index contributed by atoms with van der Waals surface area (Å²) in [6, 6.07) is 7.36. The Morgan fingerprint density at radius 3 is 2.53 bits per heavy atom. The van der Waals surface area contributed by atoms with Crippen LogP contribution in [0.3, 0.4) is 0 Å². The number of rotatable bonds is 5. The largest absolute Gasteiger partial charge is 0.320 e. The lowest BCUT2D eigenvalue weighted by atomic mass is 9.99. The van der Waals surface area contributed by atoms with Crippen LogP contribution in [0.25, 0.3) is 0 Å². The minimum absolute atomic E-state index is 0.289. The molecule has 0 radical (unpaired) electrons. The predicted molar refractivity (Wildman–Crippen MR) is 78.0 cm³/mol. The number of hydrogen-bond donors (Lipinski definition) is 2. The Labute approximate surface area is 119 Å².